The van der Waals surface area contributed by atoms with Gasteiger partial charge in [0.05, 0.1) is 26.4 Å². The van der Waals surface area contributed by atoms with Gasteiger partial charge in [0.2, 0.25) is 0 Å². The van der Waals surface area contributed by atoms with Gasteiger partial charge >= 0.3 is 0 Å². The van der Waals surface area contributed by atoms with E-state index in [-0.39, 0.29) is 53.5 Å². The Morgan fingerprint density at radius 2 is 1.55 bits per heavy atom. The van der Waals surface area contributed by atoms with Crippen molar-refractivity contribution in [3.8, 4) is 0 Å². The molecule has 0 radical (unpaired) electrons. The summed E-state index contributed by atoms with van der Waals surface area (Å²) in [5.41, 5.74) is 6.71. The van der Waals surface area contributed by atoms with Crippen LogP contribution in [0.4, 0.5) is 0 Å². The van der Waals surface area contributed by atoms with E-state index in [0.717, 1.165) is 0 Å². The summed E-state index contributed by atoms with van der Waals surface area (Å²) in [6, 6.07) is 0. The Bertz CT molecular complexity index is 57.8. The molecule has 0 saturated carbocycles. The van der Waals surface area contributed by atoms with Crippen molar-refractivity contribution in [1.82, 2.24) is 0 Å². The van der Waals surface area contributed by atoms with Gasteiger partial charge in [-0.05, 0) is 0 Å². The molecular formula is C6H14NO3Yb-. The molecule has 0 bridgehead atoms. The summed E-state index contributed by atoms with van der Waals surface area (Å²) in [5, 5.41) is 8.27. The number of ether oxygens (including phenoxy) is 2. The maximum atomic E-state index is 8.27. The second-order valence-corrected chi connectivity index (χ2v) is 1.70. The SMILES string of the molecule is [NH-]CCOCCOCCO.[Yb]. The maximum Gasteiger partial charge on any atom is 0.0701 e. The predicted octanol–water partition coefficient (Wildman–Crippen LogP) is 0.0641. The van der Waals surface area contributed by atoms with E-state index in [2.05, 4.69) is 0 Å². The smallest absolute Gasteiger partial charge is 0.0701 e. The van der Waals surface area contributed by atoms with E-state index in [1.54, 1.807) is 0 Å². The van der Waals surface area contributed by atoms with Crippen molar-refractivity contribution >= 4 is 0 Å². The van der Waals surface area contributed by atoms with Gasteiger partial charge in [-0.1, -0.05) is 0 Å². The zero-order valence-corrected chi connectivity index (χ0v) is 7.99. The molecule has 0 heterocycles. The van der Waals surface area contributed by atoms with Crippen molar-refractivity contribution in [2.45, 2.75) is 0 Å². The Morgan fingerprint density at radius 3 is 2.00 bits per heavy atom. The van der Waals surface area contributed by atoms with E-state index in [1.807, 2.05) is 0 Å². The predicted molar refractivity (Wildman–Crippen MR) is 37.9 cm³/mol. The molecule has 0 saturated heterocycles. The molecule has 0 aromatic heterocycles. The van der Waals surface area contributed by atoms with Crippen LogP contribution in [0.1, 0.15) is 0 Å². The van der Waals surface area contributed by atoms with Gasteiger partial charge in [0.15, 0.2) is 0 Å². The van der Waals surface area contributed by atoms with Crippen molar-refractivity contribution in [1.29, 1.82) is 0 Å². The molecule has 0 aliphatic carbocycles. The molecule has 11 heavy (non-hydrogen) atoms. The monoisotopic (exact) mass is 322 g/mol. The second-order valence-electron chi connectivity index (χ2n) is 1.70. The molecule has 0 fully saturated rings. The van der Waals surface area contributed by atoms with Crippen LogP contribution in [0.5, 0.6) is 0 Å². The van der Waals surface area contributed by atoms with Crippen LogP contribution in [0.15, 0.2) is 0 Å². The van der Waals surface area contributed by atoms with Crippen molar-refractivity contribution in [2.24, 2.45) is 0 Å². The van der Waals surface area contributed by atoms with Crippen LogP contribution in [0.3, 0.4) is 0 Å². The van der Waals surface area contributed by atoms with Gasteiger partial charge in [0, 0.05) is 53.5 Å². The fourth-order valence-corrected chi connectivity index (χ4v) is 0.459. The van der Waals surface area contributed by atoms with Gasteiger partial charge in [-0.15, -0.1) is 6.54 Å². The third-order valence-electron chi connectivity index (χ3n) is 0.854. The van der Waals surface area contributed by atoms with Crippen molar-refractivity contribution < 1.29 is 61.5 Å². The summed E-state index contributed by atoms with van der Waals surface area (Å²) in [6.07, 6.45) is 0. The first kappa shape index (κ1) is 14.9. The average Bonchev–Trinajstić information content (AvgIpc) is 1.97. The molecule has 0 rings (SSSR count). The fourth-order valence-electron chi connectivity index (χ4n) is 0.459. The standard InChI is InChI=1S/C6H14NO3.Yb/c7-1-3-9-5-6-10-4-2-8;/h7-8H,1-6H2;/q-1;. The Hall–Kier alpha value is 1.36. The molecule has 0 atom stereocenters. The number of aliphatic hydroxyl groups excluding tert-OH is 1. The van der Waals surface area contributed by atoms with Crippen molar-refractivity contribution in [3.63, 3.8) is 0 Å². The number of hydrogen-bond donors (Lipinski definition) is 1. The van der Waals surface area contributed by atoms with Crippen LogP contribution in [0.2, 0.25) is 0 Å². The summed E-state index contributed by atoms with van der Waals surface area (Å²) in [7, 11) is 0. The zero-order valence-electron chi connectivity index (χ0n) is 6.27. The summed E-state index contributed by atoms with van der Waals surface area (Å²) < 4.78 is 9.83. The number of nitrogens with one attached hydrogen (secondary N) is 1. The Balaban J connectivity index is 0. The second kappa shape index (κ2) is 13.9. The van der Waals surface area contributed by atoms with E-state index in [0.29, 0.717) is 33.0 Å². The zero-order chi connectivity index (χ0) is 7.66. The van der Waals surface area contributed by atoms with E-state index in [9.17, 15) is 0 Å². The molecule has 0 aliphatic rings. The third kappa shape index (κ3) is 14.2. The number of hydrogen-bond acceptors (Lipinski definition) is 3. The van der Waals surface area contributed by atoms with Crippen LogP contribution < -0.4 is 0 Å². The molecule has 4 nitrogen and oxygen atoms in total. The molecule has 5 heteroatoms. The largest absolute Gasteiger partial charge is 0.676 e. The molecule has 2 N–H and O–H groups in total. The van der Waals surface area contributed by atoms with Crippen LogP contribution in [0, 0.1) is 46.9 Å². The fraction of sp³-hybridized carbons (Fsp3) is 1.00. The van der Waals surface area contributed by atoms with Crippen LogP contribution in [0.25, 0.3) is 5.73 Å². The molecule has 0 aromatic carbocycles. The summed E-state index contributed by atoms with van der Waals surface area (Å²) in [4.78, 5) is 0. The van der Waals surface area contributed by atoms with Crippen LogP contribution in [-0.4, -0.2) is 44.7 Å². The first-order valence-electron chi connectivity index (χ1n) is 3.32. The van der Waals surface area contributed by atoms with Gasteiger partial charge in [0.1, 0.15) is 0 Å². The first-order valence-corrected chi connectivity index (χ1v) is 3.32. The van der Waals surface area contributed by atoms with Gasteiger partial charge in [-0.2, -0.15) is 0 Å². The first-order chi connectivity index (χ1) is 4.91. The minimum Gasteiger partial charge on any atom is -0.676 e. The minimum atomic E-state index is 0. The van der Waals surface area contributed by atoms with Crippen LogP contribution in [-0.2, 0) is 9.47 Å². The molecular weight excluding hydrogens is 307 g/mol. The Kier molecular flexibility index (Phi) is 18.8. The summed E-state index contributed by atoms with van der Waals surface area (Å²) >= 11 is 0. The van der Waals surface area contributed by atoms with Gasteiger partial charge in [0.25, 0.3) is 0 Å². The normalized spacial score (nSPS) is 9.27. The van der Waals surface area contributed by atoms with E-state index < -0.39 is 0 Å². The van der Waals surface area contributed by atoms with Gasteiger partial charge in [-0.3, -0.25) is 0 Å². The van der Waals surface area contributed by atoms with Gasteiger partial charge in [-0.25, -0.2) is 0 Å². The molecule has 0 unspecified atom stereocenters. The molecule has 0 amide bonds. The molecule has 76 valence electrons. The summed E-state index contributed by atoms with van der Waals surface area (Å²) in [6.45, 7) is 2.19. The van der Waals surface area contributed by atoms with Gasteiger partial charge < -0.3 is 20.3 Å². The Labute approximate surface area is 106 Å². The number of aliphatic hydroxyl groups is 1. The van der Waals surface area contributed by atoms with E-state index in [1.165, 1.54) is 0 Å². The molecule has 0 aromatic rings. The molecule has 0 spiro atoms. The maximum absolute atomic E-state index is 8.27. The van der Waals surface area contributed by atoms with E-state index >= 15 is 0 Å². The average molecular weight is 321 g/mol. The van der Waals surface area contributed by atoms with Crippen molar-refractivity contribution in [2.75, 3.05) is 39.6 Å². The quantitative estimate of drug-likeness (QED) is 0.675. The van der Waals surface area contributed by atoms with Crippen LogP contribution >= 0.6 is 0 Å². The Morgan fingerprint density at radius 1 is 1.00 bits per heavy atom. The third-order valence-corrected chi connectivity index (χ3v) is 0.854. The topological polar surface area (TPSA) is 62.5 Å². The number of rotatable bonds is 7. The van der Waals surface area contributed by atoms with Crippen molar-refractivity contribution in [3.05, 3.63) is 5.73 Å². The summed E-state index contributed by atoms with van der Waals surface area (Å²) in [5.74, 6) is 0. The minimum absolute atomic E-state index is 0. The molecule has 0 aliphatic heterocycles. The van der Waals surface area contributed by atoms with E-state index in [4.69, 9.17) is 20.3 Å².